The van der Waals surface area contributed by atoms with Crippen molar-refractivity contribution in [2.45, 2.75) is 26.6 Å². The van der Waals surface area contributed by atoms with E-state index in [0.29, 0.717) is 12.6 Å². The fourth-order valence-electron chi connectivity index (χ4n) is 1.95. The number of sulfonamides is 1. The molecule has 0 aliphatic rings. The number of nitrogens with zero attached hydrogens (tertiary/aromatic N) is 1. The van der Waals surface area contributed by atoms with Crippen LogP contribution < -0.4 is 15.4 Å². The molecule has 3 N–H and O–H groups in total. The van der Waals surface area contributed by atoms with Crippen molar-refractivity contribution in [1.82, 2.24) is 15.4 Å². The normalized spacial score (nSPS) is 12.4. The van der Waals surface area contributed by atoms with E-state index >= 15 is 0 Å². The molecule has 0 saturated carbocycles. The smallest absolute Gasteiger partial charge is 0.357 e. The lowest BCUT2D eigenvalue weighted by Gasteiger charge is -2.14. The Bertz CT molecular complexity index is 727. The highest BCUT2D eigenvalue weighted by Gasteiger charge is 2.33. The maximum atomic E-state index is 13.1. The summed E-state index contributed by atoms with van der Waals surface area (Å²) in [6, 6.07) is 2.42. The van der Waals surface area contributed by atoms with Crippen LogP contribution in [0.5, 0.6) is 0 Å². The summed E-state index contributed by atoms with van der Waals surface area (Å²) in [4.78, 5) is 4.04. The highest BCUT2D eigenvalue weighted by atomic mass is 127. The van der Waals surface area contributed by atoms with Gasteiger partial charge in [0.1, 0.15) is 5.82 Å². The number of hydrogen-bond acceptors (Lipinski definition) is 3. The molecular formula is C15H23F4IN4O2S. The van der Waals surface area contributed by atoms with Gasteiger partial charge in [0, 0.05) is 19.6 Å². The quantitative estimate of drug-likeness (QED) is 0.160. The van der Waals surface area contributed by atoms with E-state index in [2.05, 4.69) is 20.3 Å². The van der Waals surface area contributed by atoms with E-state index in [-0.39, 0.29) is 60.9 Å². The molecule has 0 fully saturated rings. The molecule has 1 aromatic rings. The zero-order valence-corrected chi connectivity index (χ0v) is 18.0. The van der Waals surface area contributed by atoms with Gasteiger partial charge in [-0.3, -0.25) is 0 Å². The lowest BCUT2D eigenvalue weighted by atomic mass is 10.1. The Morgan fingerprint density at radius 3 is 2.37 bits per heavy atom. The van der Waals surface area contributed by atoms with Gasteiger partial charge in [0.05, 0.1) is 17.9 Å². The van der Waals surface area contributed by atoms with Gasteiger partial charge >= 0.3 is 6.18 Å². The molecule has 0 bridgehead atoms. The summed E-state index contributed by atoms with van der Waals surface area (Å²) in [5, 5.41) is 5.65. The number of hydrogen-bond donors (Lipinski definition) is 3. The van der Waals surface area contributed by atoms with Crippen LogP contribution in [0.15, 0.2) is 23.2 Å². The molecule has 0 heterocycles. The average Bonchev–Trinajstić information content (AvgIpc) is 2.56. The third kappa shape index (κ3) is 9.55. The molecule has 0 amide bonds. The van der Waals surface area contributed by atoms with Crippen molar-refractivity contribution >= 4 is 40.0 Å². The third-order valence-corrected chi connectivity index (χ3v) is 4.65. The van der Waals surface area contributed by atoms with Crippen LogP contribution in [0.25, 0.3) is 0 Å². The number of guanidine groups is 1. The molecule has 6 nitrogen and oxygen atoms in total. The first-order valence-electron chi connectivity index (χ1n) is 7.94. The predicted octanol–water partition coefficient (Wildman–Crippen LogP) is 2.46. The van der Waals surface area contributed by atoms with E-state index in [4.69, 9.17) is 0 Å². The number of halogens is 5. The molecule has 0 aromatic heterocycles. The van der Waals surface area contributed by atoms with Gasteiger partial charge in [0.2, 0.25) is 10.0 Å². The van der Waals surface area contributed by atoms with Crippen molar-refractivity contribution in [2.75, 3.05) is 25.4 Å². The van der Waals surface area contributed by atoms with Gasteiger partial charge in [-0.15, -0.1) is 24.0 Å². The SMILES string of the molecule is CCNC(=NCc1ccc(F)cc1C(F)(F)F)NCCNS(=O)(=O)CC.I. The van der Waals surface area contributed by atoms with Crippen LogP contribution in [0.2, 0.25) is 0 Å². The Kier molecular flexibility index (Phi) is 11.1. The number of benzene rings is 1. The lowest BCUT2D eigenvalue weighted by Crippen LogP contribution is -2.41. The van der Waals surface area contributed by atoms with Crippen LogP contribution in [0.1, 0.15) is 25.0 Å². The molecule has 0 spiro atoms. The van der Waals surface area contributed by atoms with Gasteiger partial charge in [-0.25, -0.2) is 22.5 Å². The molecule has 0 aliphatic carbocycles. The van der Waals surface area contributed by atoms with Crippen LogP contribution in [0.4, 0.5) is 17.6 Å². The summed E-state index contributed by atoms with van der Waals surface area (Å²) in [7, 11) is -3.32. The highest BCUT2D eigenvalue weighted by molar-refractivity contribution is 14.0. The molecular weight excluding hydrogens is 503 g/mol. The molecule has 0 aliphatic heterocycles. The molecule has 0 radical (unpaired) electrons. The second-order valence-electron chi connectivity index (χ2n) is 5.22. The minimum atomic E-state index is -4.68. The number of nitrogens with one attached hydrogen (secondary N) is 3. The minimum Gasteiger partial charge on any atom is -0.357 e. The van der Waals surface area contributed by atoms with E-state index < -0.39 is 27.6 Å². The summed E-state index contributed by atoms with van der Waals surface area (Å²) >= 11 is 0. The van der Waals surface area contributed by atoms with E-state index in [1.807, 2.05) is 0 Å². The monoisotopic (exact) mass is 526 g/mol. The van der Waals surface area contributed by atoms with Gasteiger partial charge in [0.25, 0.3) is 0 Å². The van der Waals surface area contributed by atoms with Crippen LogP contribution in [0, 0.1) is 5.82 Å². The van der Waals surface area contributed by atoms with Crippen molar-refractivity contribution in [3.63, 3.8) is 0 Å². The van der Waals surface area contributed by atoms with Crippen LogP contribution >= 0.6 is 24.0 Å². The van der Waals surface area contributed by atoms with Crippen molar-refractivity contribution in [3.8, 4) is 0 Å². The van der Waals surface area contributed by atoms with Gasteiger partial charge in [-0.2, -0.15) is 13.2 Å². The average molecular weight is 526 g/mol. The van der Waals surface area contributed by atoms with Gasteiger partial charge < -0.3 is 10.6 Å². The fourth-order valence-corrected chi connectivity index (χ4v) is 2.56. The van der Waals surface area contributed by atoms with E-state index in [1.165, 1.54) is 6.92 Å². The highest BCUT2D eigenvalue weighted by Crippen LogP contribution is 2.32. The molecule has 1 aromatic carbocycles. The van der Waals surface area contributed by atoms with Crippen molar-refractivity contribution in [1.29, 1.82) is 0 Å². The molecule has 0 atom stereocenters. The lowest BCUT2D eigenvalue weighted by molar-refractivity contribution is -0.138. The maximum absolute atomic E-state index is 13.1. The van der Waals surface area contributed by atoms with E-state index in [0.717, 1.165) is 12.1 Å². The van der Waals surface area contributed by atoms with Gasteiger partial charge in [0.15, 0.2) is 5.96 Å². The Labute approximate surface area is 173 Å². The zero-order valence-electron chi connectivity index (χ0n) is 14.9. The van der Waals surface area contributed by atoms with E-state index in [1.54, 1.807) is 6.92 Å². The largest absolute Gasteiger partial charge is 0.416 e. The van der Waals surface area contributed by atoms with Crippen molar-refractivity contribution < 1.29 is 26.0 Å². The first-order valence-corrected chi connectivity index (χ1v) is 9.59. The summed E-state index contributed by atoms with van der Waals surface area (Å²) in [6.45, 7) is 3.72. The molecule has 12 heteroatoms. The maximum Gasteiger partial charge on any atom is 0.416 e. The van der Waals surface area contributed by atoms with Gasteiger partial charge in [-0.05, 0) is 31.5 Å². The first-order chi connectivity index (χ1) is 12.1. The molecule has 156 valence electrons. The minimum absolute atomic E-state index is 0. The molecule has 0 saturated heterocycles. The molecule has 0 unspecified atom stereocenters. The molecule has 1 rings (SSSR count). The Morgan fingerprint density at radius 1 is 1.15 bits per heavy atom. The summed E-state index contributed by atoms with van der Waals surface area (Å²) < 4.78 is 77.0. The Balaban J connectivity index is 0.00000676. The van der Waals surface area contributed by atoms with Crippen molar-refractivity contribution in [3.05, 3.63) is 35.1 Å². The Morgan fingerprint density at radius 2 is 1.81 bits per heavy atom. The van der Waals surface area contributed by atoms with Crippen LogP contribution in [-0.4, -0.2) is 39.8 Å². The summed E-state index contributed by atoms with van der Waals surface area (Å²) in [5.74, 6) is -0.801. The molecule has 27 heavy (non-hydrogen) atoms. The van der Waals surface area contributed by atoms with E-state index in [9.17, 15) is 26.0 Å². The topological polar surface area (TPSA) is 82.6 Å². The number of aliphatic imine (C=N–C) groups is 1. The Hall–Kier alpha value is -1.15. The standard InChI is InChI=1S/C15H22F4N4O2S.HI/c1-3-20-14(21-7-8-23-26(24,25)4-2)22-10-11-5-6-12(16)9-13(11)15(17,18)19;/h5-6,9,23H,3-4,7-8,10H2,1-2H3,(H2,20,21,22);1H. The predicted molar refractivity (Wildman–Crippen MR) is 107 cm³/mol. The van der Waals surface area contributed by atoms with Crippen molar-refractivity contribution in [2.24, 2.45) is 4.99 Å². The summed E-state index contributed by atoms with van der Waals surface area (Å²) in [6.07, 6.45) is -4.68. The number of rotatable bonds is 8. The number of alkyl halides is 3. The second kappa shape index (κ2) is 11.6. The van der Waals surface area contributed by atoms with Gasteiger partial charge in [-0.1, -0.05) is 6.07 Å². The second-order valence-corrected chi connectivity index (χ2v) is 7.31. The first kappa shape index (κ1) is 25.9. The van der Waals surface area contributed by atoms with Crippen LogP contribution in [0.3, 0.4) is 0 Å². The zero-order chi connectivity index (χ0) is 19.8. The van der Waals surface area contributed by atoms with Crippen LogP contribution in [-0.2, 0) is 22.7 Å². The third-order valence-electron chi connectivity index (χ3n) is 3.25. The fraction of sp³-hybridized carbons (Fsp3) is 0.533. The summed E-state index contributed by atoms with van der Waals surface area (Å²) in [5.41, 5.74) is -1.24.